The Labute approximate surface area is 270 Å². The molecule has 2 heterocycles. The van der Waals surface area contributed by atoms with Crippen molar-refractivity contribution < 1.29 is 14.3 Å². The number of pyridine rings is 1. The molecule has 2 aromatic carbocycles. The van der Waals surface area contributed by atoms with Crippen LogP contribution < -0.4 is 16.0 Å². The zero-order valence-electron chi connectivity index (χ0n) is 26.8. The number of ether oxygens (including phenoxy) is 1. The summed E-state index contributed by atoms with van der Waals surface area (Å²) < 4.78 is 4.72. The molecule has 4 rings (SSSR count). The van der Waals surface area contributed by atoms with Gasteiger partial charge in [0.2, 0.25) is 5.91 Å². The van der Waals surface area contributed by atoms with Crippen molar-refractivity contribution in [2.24, 2.45) is 4.99 Å². The number of benzene rings is 2. The van der Waals surface area contributed by atoms with Gasteiger partial charge < -0.3 is 30.6 Å². The van der Waals surface area contributed by atoms with Gasteiger partial charge in [-0.25, -0.2) is 9.78 Å². The minimum Gasteiger partial charge on any atom is -0.453 e. The molecule has 240 valence electrons. The maximum atomic E-state index is 13.2. The number of alkyl carbamates (subject to hydrolysis) is 1. The van der Waals surface area contributed by atoms with Crippen LogP contribution in [0.4, 0.5) is 4.79 Å². The van der Waals surface area contributed by atoms with Gasteiger partial charge in [0.25, 0.3) is 0 Å². The van der Waals surface area contributed by atoms with Gasteiger partial charge in [0.05, 0.1) is 36.4 Å². The van der Waals surface area contributed by atoms with Crippen LogP contribution in [0.25, 0.3) is 28.2 Å². The fourth-order valence-electron chi connectivity index (χ4n) is 4.78. The summed E-state index contributed by atoms with van der Waals surface area (Å²) in [4.78, 5) is 43.8. The Balaban J connectivity index is 1.39. The van der Waals surface area contributed by atoms with Crippen molar-refractivity contribution in [3.05, 3.63) is 102 Å². The number of imidazole rings is 1. The average Bonchev–Trinajstić information content (AvgIpc) is 3.59. The van der Waals surface area contributed by atoms with E-state index in [2.05, 4.69) is 56.5 Å². The number of amides is 2. The van der Waals surface area contributed by atoms with Gasteiger partial charge in [0.15, 0.2) is 0 Å². The van der Waals surface area contributed by atoms with E-state index in [0.29, 0.717) is 11.4 Å². The number of hydrogen-bond acceptors (Lipinski definition) is 8. The molecular formula is C35H42N8O3. The van der Waals surface area contributed by atoms with Crippen LogP contribution in [0.2, 0.25) is 0 Å². The summed E-state index contributed by atoms with van der Waals surface area (Å²) in [5.74, 6) is 0.197. The molecule has 0 unspecified atom stereocenters. The Morgan fingerprint density at radius 1 is 1.02 bits per heavy atom. The molecule has 46 heavy (non-hydrogen) atoms. The average molecular weight is 623 g/mol. The summed E-state index contributed by atoms with van der Waals surface area (Å²) in [6.45, 7) is 10.5. The molecule has 11 nitrogen and oxygen atoms in total. The summed E-state index contributed by atoms with van der Waals surface area (Å²) in [6, 6.07) is 19.6. The minimum absolute atomic E-state index is 0.385. The van der Waals surface area contributed by atoms with E-state index in [1.165, 1.54) is 7.11 Å². The maximum Gasteiger partial charge on any atom is 0.407 e. The van der Waals surface area contributed by atoms with Crippen molar-refractivity contribution in [1.29, 1.82) is 0 Å². The molecule has 0 fully saturated rings. The van der Waals surface area contributed by atoms with Gasteiger partial charge >= 0.3 is 6.09 Å². The lowest BCUT2D eigenvalue weighted by Crippen LogP contribution is -2.41. The largest absolute Gasteiger partial charge is 0.453 e. The topological polar surface area (TPSA) is 137 Å². The number of nitrogens with one attached hydrogen (secondary N) is 4. The number of H-pyrrole nitrogens is 1. The number of nitrogens with zero attached hydrogens (tertiary/aromatic N) is 4. The highest BCUT2D eigenvalue weighted by atomic mass is 16.5. The third-order valence-electron chi connectivity index (χ3n) is 7.57. The van der Waals surface area contributed by atoms with Crippen molar-refractivity contribution in [3.8, 4) is 22.5 Å². The zero-order valence-corrected chi connectivity index (χ0v) is 26.8. The third-order valence-corrected chi connectivity index (χ3v) is 7.57. The summed E-state index contributed by atoms with van der Waals surface area (Å²) in [5.41, 5.74) is 6.03. The smallest absolute Gasteiger partial charge is 0.407 e. The van der Waals surface area contributed by atoms with Crippen LogP contribution in [0.5, 0.6) is 0 Å². The number of aliphatic imine (C=N–C) groups is 1. The van der Waals surface area contributed by atoms with Crippen LogP contribution in [-0.4, -0.2) is 72.4 Å². The Bertz CT molecular complexity index is 1600. The molecular weight excluding hydrogens is 580 g/mol. The van der Waals surface area contributed by atoms with E-state index in [1.807, 2.05) is 55.6 Å². The molecule has 2 atom stereocenters. The highest BCUT2D eigenvalue weighted by molar-refractivity contribution is 5.87. The molecule has 2 aromatic heterocycles. The molecule has 11 heteroatoms. The molecule has 0 spiro atoms. The van der Waals surface area contributed by atoms with Gasteiger partial charge in [-0.3, -0.25) is 14.8 Å². The highest BCUT2D eigenvalue weighted by Gasteiger charge is 2.25. The monoisotopic (exact) mass is 622 g/mol. The minimum atomic E-state index is -0.920. The number of methoxy groups -OCH3 is 1. The molecule has 0 aliphatic rings. The first-order valence-corrected chi connectivity index (χ1v) is 15.2. The van der Waals surface area contributed by atoms with Gasteiger partial charge in [-0.1, -0.05) is 61.5 Å². The van der Waals surface area contributed by atoms with Crippen molar-refractivity contribution in [1.82, 2.24) is 35.8 Å². The van der Waals surface area contributed by atoms with Gasteiger partial charge in [-0.2, -0.15) is 0 Å². The quantitative estimate of drug-likeness (QED) is 0.104. The summed E-state index contributed by atoms with van der Waals surface area (Å²) in [5, 5.41) is 8.98. The van der Waals surface area contributed by atoms with Gasteiger partial charge in [0, 0.05) is 30.1 Å². The van der Waals surface area contributed by atoms with Crippen LogP contribution in [-0.2, 0) is 9.53 Å². The summed E-state index contributed by atoms with van der Waals surface area (Å²) in [6.07, 6.45) is 5.62. The van der Waals surface area contributed by atoms with E-state index in [9.17, 15) is 9.59 Å². The number of hydrogen-bond donors (Lipinski definition) is 4. The molecule has 0 aliphatic carbocycles. The third kappa shape index (κ3) is 9.12. The van der Waals surface area contributed by atoms with E-state index in [0.717, 1.165) is 59.8 Å². The van der Waals surface area contributed by atoms with Crippen molar-refractivity contribution in [2.75, 3.05) is 33.8 Å². The number of carbonyl (C=O) groups is 2. The lowest BCUT2D eigenvalue weighted by atomic mass is 10.1. The van der Waals surface area contributed by atoms with Crippen molar-refractivity contribution in [3.63, 3.8) is 0 Å². The summed E-state index contributed by atoms with van der Waals surface area (Å²) >= 11 is 0. The second-order valence-corrected chi connectivity index (χ2v) is 10.8. The molecule has 0 bridgehead atoms. The second kappa shape index (κ2) is 16.7. The predicted octanol–water partition coefficient (Wildman–Crippen LogP) is 5.34. The fourth-order valence-corrected chi connectivity index (χ4v) is 4.78. The molecule has 0 saturated heterocycles. The molecule has 2 amide bonds. The summed E-state index contributed by atoms with van der Waals surface area (Å²) in [7, 11) is 3.37. The van der Waals surface area contributed by atoms with Crippen molar-refractivity contribution in [2.45, 2.75) is 32.4 Å². The van der Waals surface area contributed by atoms with Crippen LogP contribution >= 0.6 is 0 Å². The van der Waals surface area contributed by atoms with Crippen LogP contribution in [0.3, 0.4) is 0 Å². The van der Waals surface area contributed by atoms with Gasteiger partial charge in [0.1, 0.15) is 11.9 Å². The van der Waals surface area contributed by atoms with Gasteiger partial charge in [-0.15, -0.1) is 0 Å². The Morgan fingerprint density at radius 2 is 1.76 bits per heavy atom. The van der Waals surface area contributed by atoms with E-state index in [1.54, 1.807) is 36.7 Å². The number of carbonyl (C=O) groups excluding carboxylic acids is 2. The van der Waals surface area contributed by atoms with Crippen LogP contribution in [0, 0.1) is 0 Å². The van der Waals surface area contributed by atoms with Gasteiger partial charge in [-0.05, 0) is 63.5 Å². The molecule has 4 aromatic rings. The number of rotatable bonds is 15. The Morgan fingerprint density at radius 3 is 2.41 bits per heavy atom. The number of aromatic nitrogens is 3. The standard InChI is InChI=1S/C35H42N8O3/c1-6-43(4)20-10-19-37-30(22-36-3)28-17-18-29(38-21-28)25-13-15-26(16-14-25)31-23-39-33(41-31)24(2)40-34(44)32(42-35(45)46-5)27-11-8-7-9-12-27/h7-9,11-18,21-24,32,37H,3,6,10,19-20H2,1-2,4-5H3,(H,39,41)(H,40,44)(H,42,45)/b30-22-/t24-,32+/m0/s1. The Hall–Kier alpha value is -5.29. The zero-order chi connectivity index (χ0) is 32.9. The number of aromatic amines is 1. The first kappa shape index (κ1) is 33.6. The first-order valence-electron chi connectivity index (χ1n) is 15.2. The highest BCUT2D eigenvalue weighted by Crippen LogP contribution is 2.25. The molecule has 4 N–H and O–H groups in total. The lowest BCUT2D eigenvalue weighted by Gasteiger charge is -2.20. The molecule has 0 radical (unpaired) electrons. The van der Waals surface area contributed by atoms with Crippen LogP contribution in [0.1, 0.15) is 49.3 Å². The molecule has 0 aliphatic heterocycles. The Kier molecular flexibility index (Phi) is 12.2. The second-order valence-electron chi connectivity index (χ2n) is 10.8. The first-order chi connectivity index (χ1) is 22.3. The molecule has 0 saturated carbocycles. The van der Waals surface area contributed by atoms with E-state index >= 15 is 0 Å². The SMILES string of the molecule is C=N/C=C(\NCCCN(C)CC)c1ccc(-c2ccc(-c3cnc([C@H](C)NC(=O)[C@H](NC(=O)OC)c4ccccc4)[nH]3)cc2)nc1. The van der Waals surface area contributed by atoms with Crippen LogP contribution in [0.15, 0.2) is 90.3 Å². The van der Waals surface area contributed by atoms with E-state index in [-0.39, 0.29) is 5.91 Å². The lowest BCUT2D eigenvalue weighted by molar-refractivity contribution is -0.123. The fraction of sp³-hybridized carbons (Fsp3) is 0.286. The van der Waals surface area contributed by atoms with Crippen molar-refractivity contribution >= 4 is 24.4 Å². The normalized spacial score (nSPS) is 12.7. The maximum absolute atomic E-state index is 13.2. The van der Waals surface area contributed by atoms with E-state index in [4.69, 9.17) is 9.72 Å². The predicted molar refractivity (Wildman–Crippen MR) is 182 cm³/mol. The van der Waals surface area contributed by atoms with E-state index < -0.39 is 18.2 Å².